The van der Waals surface area contributed by atoms with Gasteiger partial charge in [0.25, 0.3) is 0 Å². The van der Waals surface area contributed by atoms with Crippen LogP contribution in [0.15, 0.2) is 53.2 Å². The Bertz CT molecular complexity index is 1070. The third-order valence-corrected chi connectivity index (χ3v) is 4.47. The molecule has 6 nitrogen and oxygen atoms in total. The molecule has 0 aliphatic heterocycles. The summed E-state index contributed by atoms with van der Waals surface area (Å²) in [6.07, 6.45) is 4.00. The Balaban J connectivity index is 1.86. The first-order chi connectivity index (χ1) is 13.1. The number of hydrogen-bond acceptors (Lipinski definition) is 5. The van der Waals surface area contributed by atoms with Gasteiger partial charge in [0, 0.05) is 23.6 Å². The van der Waals surface area contributed by atoms with Crippen LogP contribution in [0.3, 0.4) is 0 Å². The maximum absolute atomic E-state index is 6.06. The summed E-state index contributed by atoms with van der Waals surface area (Å²) in [7, 11) is 4.74. The van der Waals surface area contributed by atoms with Gasteiger partial charge < -0.3 is 23.2 Å². The fraction of sp³-hybridized carbons (Fsp3) is 0.190. The summed E-state index contributed by atoms with van der Waals surface area (Å²) in [4.78, 5) is 4.69. The number of hydrogen-bond donors (Lipinski definition) is 0. The molecule has 0 fully saturated rings. The van der Waals surface area contributed by atoms with Gasteiger partial charge in [0.15, 0.2) is 17.1 Å². The largest absolute Gasteiger partial charge is 0.493 e. The van der Waals surface area contributed by atoms with Crippen molar-refractivity contribution >= 4 is 11.1 Å². The van der Waals surface area contributed by atoms with Crippen LogP contribution in [0.25, 0.3) is 28.2 Å². The average molecular weight is 364 g/mol. The van der Waals surface area contributed by atoms with Crippen molar-refractivity contribution in [2.75, 3.05) is 21.3 Å². The number of fused-ring (bicyclic) bond motifs is 1. The zero-order valence-corrected chi connectivity index (χ0v) is 15.6. The Morgan fingerprint density at radius 3 is 2.15 bits per heavy atom. The van der Waals surface area contributed by atoms with E-state index in [1.165, 1.54) is 0 Å². The molecule has 6 heteroatoms. The zero-order chi connectivity index (χ0) is 19.0. The first-order valence-corrected chi connectivity index (χ1v) is 8.49. The molecule has 0 unspecified atom stereocenters. The van der Waals surface area contributed by atoms with Gasteiger partial charge in [-0.05, 0) is 48.9 Å². The maximum Gasteiger partial charge on any atom is 0.227 e. The number of benzene rings is 2. The minimum absolute atomic E-state index is 0.497. The monoisotopic (exact) mass is 364 g/mol. The topological polar surface area (TPSA) is 58.7 Å². The third kappa shape index (κ3) is 2.89. The lowest BCUT2D eigenvalue weighted by Gasteiger charge is -2.12. The van der Waals surface area contributed by atoms with Crippen molar-refractivity contribution < 1.29 is 18.6 Å². The molecule has 27 heavy (non-hydrogen) atoms. The van der Waals surface area contributed by atoms with Crippen LogP contribution in [0.5, 0.6) is 17.2 Å². The highest BCUT2D eigenvalue weighted by Gasteiger charge is 2.18. The summed E-state index contributed by atoms with van der Waals surface area (Å²) < 4.78 is 24.3. The lowest BCUT2D eigenvalue weighted by atomic mass is 10.2. The molecule has 0 aliphatic carbocycles. The molecule has 0 saturated heterocycles. The van der Waals surface area contributed by atoms with Crippen LogP contribution >= 0.6 is 0 Å². The highest BCUT2D eigenvalue weighted by Crippen LogP contribution is 2.41. The number of rotatable bonds is 5. The summed E-state index contributed by atoms with van der Waals surface area (Å²) in [6, 6.07) is 11.7. The number of oxazole rings is 1. The van der Waals surface area contributed by atoms with E-state index in [1.807, 2.05) is 54.2 Å². The van der Waals surface area contributed by atoms with Crippen molar-refractivity contribution in [1.29, 1.82) is 0 Å². The van der Waals surface area contributed by atoms with Crippen molar-refractivity contribution in [3.05, 3.63) is 54.4 Å². The molecule has 0 atom stereocenters. The van der Waals surface area contributed by atoms with Crippen molar-refractivity contribution in [2.24, 2.45) is 0 Å². The van der Waals surface area contributed by atoms with Crippen LogP contribution in [-0.2, 0) is 0 Å². The molecule has 0 spiro atoms. The Morgan fingerprint density at radius 2 is 1.56 bits per heavy atom. The summed E-state index contributed by atoms with van der Waals surface area (Å²) in [5, 5.41) is 0. The molecule has 0 radical (unpaired) electrons. The standard InChI is InChI=1S/C21H20N2O4/c1-13-9-15(23-7-5-6-8-23)12-16-19(13)27-21(22-16)14-10-17(24-2)20(26-4)18(11-14)25-3/h5-12H,1-4H3. The van der Waals surface area contributed by atoms with Crippen LogP contribution in [-0.4, -0.2) is 30.9 Å². The summed E-state index contributed by atoms with van der Waals surface area (Å²) in [5.74, 6) is 2.14. The molecule has 0 aliphatic rings. The van der Waals surface area contributed by atoms with E-state index >= 15 is 0 Å². The number of nitrogens with zero attached hydrogens (tertiary/aromatic N) is 2. The van der Waals surface area contributed by atoms with Crippen molar-refractivity contribution in [3.8, 4) is 34.4 Å². The van der Waals surface area contributed by atoms with Gasteiger partial charge in [-0.2, -0.15) is 0 Å². The van der Waals surface area contributed by atoms with E-state index in [0.717, 1.165) is 27.9 Å². The van der Waals surface area contributed by atoms with Crippen molar-refractivity contribution in [1.82, 2.24) is 9.55 Å². The smallest absolute Gasteiger partial charge is 0.227 e. The van der Waals surface area contributed by atoms with Crippen LogP contribution in [0.4, 0.5) is 0 Å². The fourth-order valence-electron chi connectivity index (χ4n) is 3.17. The Labute approximate surface area is 156 Å². The van der Waals surface area contributed by atoms with Crippen molar-refractivity contribution in [3.63, 3.8) is 0 Å². The molecule has 2 heterocycles. The Morgan fingerprint density at radius 1 is 0.889 bits per heavy atom. The molecule has 0 N–H and O–H groups in total. The quantitative estimate of drug-likeness (QED) is 0.517. The first-order valence-electron chi connectivity index (χ1n) is 8.49. The minimum Gasteiger partial charge on any atom is -0.493 e. The molecule has 138 valence electrons. The highest BCUT2D eigenvalue weighted by atomic mass is 16.5. The molecule has 4 rings (SSSR count). The van der Waals surface area contributed by atoms with Gasteiger partial charge in [-0.3, -0.25) is 0 Å². The molecule has 2 aromatic heterocycles. The fourth-order valence-corrected chi connectivity index (χ4v) is 3.17. The highest BCUT2D eigenvalue weighted by molar-refractivity contribution is 5.82. The van der Waals surface area contributed by atoms with E-state index in [-0.39, 0.29) is 0 Å². The molecule has 0 bridgehead atoms. The summed E-state index contributed by atoms with van der Waals surface area (Å²) in [5.41, 5.74) is 4.36. The lowest BCUT2D eigenvalue weighted by molar-refractivity contribution is 0.324. The number of aromatic nitrogens is 2. The second-order valence-corrected chi connectivity index (χ2v) is 6.13. The Kier molecular flexibility index (Phi) is 4.24. The van der Waals surface area contributed by atoms with Gasteiger partial charge in [-0.15, -0.1) is 0 Å². The van der Waals surface area contributed by atoms with Gasteiger partial charge in [0.05, 0.1) is 21.3 Å². The van der Waals surface area contributed by atoms with Gasteiger partial charge >= 0.3 is 0 Å². The van der Waals surface area contributed by atoms with Gasteiger partial charge in [-0.25, -0.2) is 4.98 Å². The van der Waals surface area contributed by atoms with Crippen LogP contribution < -0.4 is 14.2 Å². The van der Waals surface area contributed by atoms with Gasteiger partial charge in [-0.1, -0.05) is 0 Å². The van der Waals surface area contributed by atoms with E-state index < -0.39 is 0 Å². The predicted molar refractivity (Wildman–Crippen MR) is 103 cm³/mol. The number of methoxy groups -OCH3 is 3. The maximum atomic E-state index is 6.06. The number of aryl methyl sites for hydroxylation is 1. The van der Waals surface area contributed by atoms with E-state index in [9.17, 15) is 0 Å². The van der Waals surface area contributed by atoms with Crippen LogP contribution in [0.1, 0.15) is 5.56 Å². The molecular weight excluding hydrogens is 344 g/mol. The second kappa shape index (κ2) is 6.72. The minimum atomic E-state index is 0.497. The van der Waals surface area contributed by atoms with E-state index in [1.54, 1.807) is 21.3 Å². The van der Waals surface area contributed by atoms with Crippen LogP contribution in [0, 0.1) is 6.92 Å². The second-order valence-electron chi connectivity index (χ2n) is 6.13. The van der Waals surface area contributed by atoms with E-state index in [0.29, 0.717) is 23.1 Å². The SMILES string of the molecule is COc1cc(-c2nc3cc(-n4cccc4)cc(C)c3o2)cc(OC)c1OC. The summed E-state index contributed by atoms with van der Waals surface area (Å²) >= 11 is 0. The van der Waals surface area contributed by atoms with Crippen LogP contribution in [0.2, 0.25) is 0 Å². The summed E-state index contributed by atoms with van der Waals surface area (Å²) in [6.45, 7) is 2.01. The molecule has 0 amide bonds. The van der Waals surface area contributed by atoms with Gasteiger partial charge in [0.1, 0.15) is 5.52 Å². The van der Waals surface area contributed by atoms with Crippen molar-refractivity contribution in [2.45, 2.75) is 6.92 Å². The molecular formula is C21H20N2O4. The normalized spacial score (nSPS) is 11.0. The van der Waals surface area contributed by atoms with E-state index in [4.69, 9.17) is 18.6 Å². The molecule has 2 aromatic carbocycles. The van der Waals surface area contributed by atoms with E-state index in [2.05, 4.69) is 11.1 Å². The molecule has 0 saturated carbocycles. The first kappa shape index (κ1) is 17.0. The van der Waals surface area contributed by atoms with Gasteiger partial charge in [0.2, 0.25) is 11.6 Å². The predicted octanol–water partition coefficient (Wildman–Crippen LogP) is 4.62. The number of ether oxygens (including phenoxy) is 3. The third-order valence-electron chi connectivity index (χ3n) is 4.47. The lowest BCUT2D eigenvalue weighted by Crippen LogP contribution is -1.95. The Hall–Kier alpha value is -3.41. The zero-order valence-electron chi connectivity index (χ0n) is 15.6. The molecule has 4 aromatic rings. The average Bonchev–Trinajstić information content (AvgIpc) is 3.36.